The molecule has 0 unspecified atom stereocenters. The van der Waals surface area contributed by atoms with Crippen molar-refractivity contribution < 1.29 is 0 Å². The molecule has 0 radical (unpaired) electrons. The van der Waals surface area contributed by atoms with Gasteiger partial charge in [0.1, 0.15) is 17.1 Å². The molecule has 0 aliphatic rings. The molecular weight excluding hydrogens is 667 g/mol. The van der Waals surface area contributed by atoms with Crippen LogP contribution in [0.2, 0.25) is 0 Å². The first kappa shape index (κ1) is 31.5. The van der Waals surface area contributed by atoms with Crippen LogP contribution in [0.5, 0.6) is 0 Å². The van der Waals surface area contributed by atoms with E-state index in [2.05, 4.69) is 89.1 Å². The van der Waals surface area contributed by atoms with Crippen LogP contribution in [0.4, 0.5) is 0 Å². The highest BCUT2D eigenvalue weighted by Crippen LogP contribution is 2.43. The molecule has 9 heteroatoms. The Balaban J connectivity index is 1.42. The summed E-state index contributed by atoms with van der Waals surface area (Å²) in [6.07, 6.45) is 5.45. The first-order valence-electron chi connectivity index (χ1n) is 17.9. The second kappa shape index (κ2) is 12.5. The van der Waals surface area contributed by atoms with E-state index >= 15 is 0 Å². The fourth-order valence-corrected chi connectivity index (χ4v) is 7.94. The molecule has 0 saturated carbocycles. The Morgan fingerprint density at radius 2 is 0.611 bits per heavy atom. The first-order chi connectivity index (χ1) is 26.6. The normalized spacial score (nSPS) is 11.6. The molecule has 258 valence electrons. The van der Waals surface area contributed by atoms with E-state index in [1.165, 1.54) is 0 Å². The number of imidazole rings is 3. The minimum atomic E-state index is 0.754. The predicted octanol–water partition coefficient (Wildman–Crippen LogP) is 9.81. The third-order valence-electron chi connectivity index (χ3n) is 10.2. The fourth-order valence-electron chi connectivity index (χ4n) is 7.94. The average molecular weight is 700 g/mol. The van der Waals surface area contributed by atoms with E-state index in [-0.39, 0.29) is 0 Å². The smallest absolute Gasteiger partial charge is 0.164 e. The molecule has 54 heavy (non-hydrogen) atoms. The summed E-state index contributed by atoms with van der Waals surface area (Å²) in [4.78, 5) is 30.1. The Morgan fingerprint density at radius 3 is 0.889 bits per heavy atom. The van der Waals surface area contributed by atoms with Crippen LogP contribution >= 0.6 is 0 Å². The van der Waals surface area contributed by atoms with E-state index in [1.807, 2.05) is 91.4 Å². The lowest BCUT2D eigenvalue weighted by molar-refractivity contribution is 0.967. The maximum absolute atomic E-state index is 5.22. The molecular formula is C45H33N9. The zero-order valence-corrected chi connectivity index (χ0v) is 29.9. The van der Waals surface area contributed by atoms with Gasteiger partial charge in [0.25, 0.3) is 0 Å². The fraction of sp³-hybridized carbons (Fsp3) is 0.0667. The second-order valence-corrected chi connectivity index (χ2v) is 13.3. The Hall–Kier alpha value is -7.26. The number of rotatable bonds is 6. The van der Waals surface area contributed by atoms with Crippen LogP contribution in [0.15, 0.2) is 146 Å². The largest absolute Gasteiger partial charge is 0.290 e. The van der Waals surface area contributed by atoms with Gasteiger partial charge in [-0.2, -0.15) is 0 Å². The SMILES string of the molecule is Cc1c(-n2c(-c3ccccn3)nc3ccccc32)c(C)c(-n2c(-c3ccccn3)nc3ccccc32)c(C)c1-n1c(-c2ccccn2)nc2ccccc21. The van der Waals surface area contributed by atoms with E-state index < -0.39 is 0 Å². The highest BCUT2D eigenvalue weighted by atomic mass is 15.2. The molecule has 10 rings (SSSR count). The lowest BCUT2D eigenvalue weighted by atomic mass is 9.97. The van der Waals surface area contributed by atoms with Crippen molar-refractivity contribution in [1.82, 2.24) is 43.6 Å². The molecule has 0 aliphatic carbocycles. The summed E-state index contributed by atoms with van der Waals surface area (Å²) < 4.78 is 6.82. The topological polar surface area (TPSA) is 92.1 Å². The van der Waals surface area contributed by atoms with Crippen LogP contribution < -0.4 is 0 Å². The molecule has 0 fully saturated rings. The molecule has 0 N–H and O–H groups in total. The maximum Gasteiger partial charge on any atom is 0.164 e. The van der Waals surface area contributed by atoms with Gasteiger partial charge < -0.3 is 0 Å². The summed E-state index contributed by atoms with van der Waals surface area (Å²) in [7, 11) is 0. The van der Waals surface area contributed by atoms with Crippen molar-refractivity contribution in [3.05, 3.63) is 163 Å². The summed E-state index contributed by atoms with van der Waals surface area (Å²) in [5, 5.41) is 0. The monoisotopic (exact) mass is 699 g/mol. The van der Waals surface area contributed by atoms with Crippen molar-refractivity contribution in [3.8, 4) is 51.6 Å². The number of hydrogen-bond acceptors (Lipinski definition) is 6. The third-order valence-corrected chi connectivity index (χ3v) is 10.2. The van der Waals surface area contributed by atoms with Crippen molar-refractivity contribution in [1.29, 1.82) is 0 Å². The van der Waals surface area contributed by atoms with Crippen LogP contribution in [-0.2, 0) is 0 Å². The summed E-state index contributed by atoms with van der Waals surface area (Å²) in [6, 6.07) is 42.7. The van der Waals surface area contributed by atoms with E-state index in [9.17, 15) is 0 Å². The van der Waals surface area contributed by atoms with Gasteiger partial charge in [0.15, 0.2) is 17.5 Å². The summed E-state index contributed by atoms with van der Waals surface area (Å²) in [5.74, 6) is 2.26. The first-order valence-corrected chi connectivity index (χ1v) is 17.9. The molecule has 10 aromatic rings. The second-order valence-electron chi connectivity index (χ2n) is 13.3. The number of nitrogens with zero attached hydrogens (tertiary/aromatic N) is 9. The van der Waals surface area contributed by atoms with Gasteiger partial charge in [-0.05, 0) is 110 Å². The highest BCUT2D eigenvalue weighted by Gasteiger charge is 2.29. The number of para-hydroxylation sites is 6. The van der Waals surface area contributed by atoms with Crippen molar-refractivity contribution in [2.45, 2.75) is 20.8 Å². The zero-order valence-electron chi connectivity index (χ0n) is 29.9. The molecule has 0 saturated heterocycles. The zero-order chi connectivity index (χ0) is 36.3. The van der Waals surface area contributed by atoms with Crippen LogP contribution in [0, 0.1) is 20.8 Å². The van der Waals surface area contributed by atoms with Crippen molar-refractivity contribution in [2.75, 3.05) is 0 Å². The van der Waals surface area contributed by atoms with Gasteiger partial charge in [0.2, 0.25) is 0 Å². The Labute approximate surface area is 310 Å². The molecule has 0 atom stereocenters. The van der Waals surface area contributed by atoms with E-state index in [0.717, 1.165) is 101 Å². The van der Waals surface area contributed by atoms with Crippen LogP contribution in [0.25, 0.3) is 84.7 Å². The molecule has 0 amide bonds. The predicted molar refractivity (Wildman–Crippen MR) is 214 cm³/mol. The standard InChI is InChI=1S/C45H33N9/c1-28-40(52-37-22-7-4-16-31(37)49-43(52)34-19-10-13-25-46-34)29(2)42(54-39-24-9-6-18-33(39)51-45(54)36-21-12-15-27-48-36)30(3)41(28)53-38-23-8-5-17-32(38)50-44(53)35-20-11-14-26-47-35/h4-27H,1-3H3. The summed E-state index contributed by atoms with van der Waals surface area (Å²) in [6.45, 7) is 6.61. The van der Waals surface area contributed by atoms with Crippen LogP contribution in [0.3, 0.4) is 0 Å². The van der Waals surface area contributed by atoms with Crippen LogP contribution in [-0.4, -0.2) is 43.6 Å². The molecule has 0 spiro atoms. The number of fused-ring (bicyclic) bond motifs is 3. The van der Waals surface area contributed by atoms with Gasteiger partial charge in [0.05, 0.1) is 50.2 Å². The number of benzene rings is 4. The number of pyridine rings is 3. The van der Waals surface area contributed by atoms with Crippen LogP contribution in [0.1, 0.15) is 16.7 Å². The van der Waals surface area contributed by atoms with E-state index in [0.29, 0.717) is 0 Å². The summed E-state index contributed by atoms with van der Waals surface area (Å²) >= 11 is 0. The van der Waals surface area contributed by atoms with Gasteiger partial charge in [0, 0.05) is 18.6 Å². The number of hydrogen-bond donors (Lipinski definition) is 0. The van der Waals surface area contributed by atoms with Gasteiger partial charge >= 0.3 is 0 Å². The quantitative estimate of drug-likeness (QED) is 0.172. The average Bonchev–Trinajstić information content (AvgIpc) is 3.92. The molecule has 9 nitrogen and oxygen atoms in total. The maximum atomic E-state index is 5.22. The molecule has 6 aromatic heterocycles. The molecule has 6 heterocycles. The molecule has 0 bridgehead atoms. The minimum Gasteiger partial charge on any atom is -0.290 e. The Bertz CT molecular complexity index is 2670. The summed E-state index contributed by atoms with van der Waals surface area (Å²) in [5.41, 5.74) is 14.1. The Morgan fingerprint density at radius 1 is 0.333 bits per heavy atom. The number of aromatic nitrogens is 9. The Kier molecular flexibility index (Phi) is 7.26. The highest BCUT2D eigenvalue weighted by molar-refractivity contribution is 5.90. The van der Waals surface area contributed by atoms with E-state index in [4.69, 9.17) is 29.9 Å². The molecule has 4 aromatic carbocycles. The van der Waals surface area contributed by atoms with Gasteiger partial charge in [-0.15, -0.1) is 0 Å². The van der Waals surface area contributed by atoms with Gasteiger partial charge in [-0.3, -0.25) is 28.7 Å². The third kappa shape index (κ3) is 4.79. The van der Waals surface area contributed by atoms with Crippen molar-refractivity contribution in [3.63, 3.8) is 0 Å². The molecule has 0 aliphatic heterocycles. The van der Waals surface area contributed by atoms with Crippen molar-refractivity contribution in [2.24, 2.45) is 0 Å². The van der Waals surface area contributed by atoms with E-state index in [1.54, 1.807) is 0 Å². The van der Waals surface area contributed by atoms with Gasteiger partial charge in [-0.1, -0.05) is 54.6 Å². The lowest BCUT2D eigenvalue weighted by Crippen LogP contribution is -2.15. The lowest BCUT2D eigenvalue weighted by Gasteiger charge is -2.27. The van der Waals surface area contributed by atoms with Crippen molar-refractivity contribution >= 4 is 33.1 Å². The van der Waals surface area contributed by atoms with Gasteiger partial charge in [-0.25, -0.2) is 15.0 Å². The minimum absolute atomic E-state index is 0.754.